The van der Waals surface area contributed by atoms with Crippen LogP contribution < -0.4 is 0 Å². The summed E-state index contributed by atoms with van der Waals surface area (Å²) < 4.78 is 0. The fourth-order valence-corrected chi connectivity index (χ4v) is 1.69. The van der Waals surface area contributed by atoms with Gasteiger partial charge in [-0.1, -0.05) is 52.0 Å². The third-order valence-electron chi connectivity index (χ3n) is 2.54. The van der Waals surface area contributed by atoms with E-state index in [0.29, 0.717) is 5.92 Å². The van der Waals surface area contributed by atoms with Gasteiger partial charge in [0, 0.05) is 16.8 Å². The molecule has 0 radical (unpaired) electrons. The second-order valence-electron chi connectivity index (χ2n) is 4.01. The average Bonchev–Trinajstić information content (AvgIpc) is 2.31. The fraction of sp³-hybridized carbons (Fsp3) is 0.400. The maximum absolute atomic E-state index is 4.60. The molecule has 2 rings (SSSR count). The van der Waals surface area contributed by atoms with Gasteiger partial charge in [-0.2, -0.15) is 0 Å². The molecule has 16 heavy (non-hydrogen) atoms. The molecule has 0 saturated carbocycles. The van der Waals surface area contributed by atoms with Gasteiger partial charge in [0.25, 0.3) is 0 Å². The van der Waals surface area contributed by atoms with Gasteiger partial charge in [0.2, 0.25) is 0 Å². The molecular formula is C15H21N. The summed E-state index contributed by atoms with van der Waals surface area (Å²) in [4.78, 5) is 4.60. The first-order valence-electron chi connectivity index (χ1n) is 6.05. The van der Waals surface area contributed by atoms with Crippen molar-refractivity contribution in [3.05, 3.63) is 41.7 Å². The monoisotopic (exact) mass is 215 g/mol. The van der Waals surface area contributed by atoms with Crippen molar-refractivity contribution in [3.8, 4) is 0 Å². The largest absolute Gasteiger partial charge is 0.257 e. The first-order chi connectivity index (χ1) is 7.68. The SMILES string of the molecule is CC.Cc1nc(C(C)C)cc2ccccc12. The lowest BCUT2D eigenvalue weighted by Crippen LogP contribution is -1.95. The van der Waals surface area contributed by atoms with Crippen LogP contribution in [0.25, 0.3) is 10.8 Å². The van der Waals surface area contributed by atoms with Gasteiger partial charge in [-0.3, -0.25) is 4.98 Å². The molecule has 0 aliphatic heterocycles. The molecule has 1 heterocycles. The van der Waals surface area contributed by atoms with Crippen LogP contribution in [0.2, 0.25) is 0 Å². The van der Waals surface area contributed by atoms with E-state index in [0.717, 1.165) is 5.69 Å². The molecule has 0 saturated heterocycles. The molecule has 0 atom stereocenters. The average molecular weight is 215 g/mol. The van der Waals surface area contributed by atoms with Crippen molar-refractivity contribution < 1.29 is 0 Å². The van der Waals surface area contributed by atoms with E-state index in [9.17, 15) is 0 Å². The molecule has 0 unspecified atom stereocenters. The standard InChI is InChI=1S/C13H15N.C2H6/c1-9(2)13-8-11-6-4-5-7-12(11)10(3)14-13;1-2/h4-9H,1-3H3;1-2H3. The Bertz CT molecular complexity index is 458. The third-order valence-corrected chi connectivity index (χ3v) is 2.54. The number of fused-ring (bicyclic) bond motifs is 1. The van der Waals surface area contributed by atoms with Crippen molar-refractivity contribution in [2.45, 2.75) is 40.5 Å². The molecule has 1 nitrogen and oxygen atoms in total. The van der Waals surface area contributed by atoms with Gasteiger partial charge in [-0.25, -0.2) is 0 Å². The van der Waals surface area contributed by atoms with Gasteiger partial charge in [0.05, 0.1) is 0 Å². The summed E-state index contributed by atoms with van der Waals surface area (Å²) in [5.74, 6) is 0.498. The summed E-state index contributed by atoms with van der Waals surface area (Å²) >= 11 is 0. The Labute approximate surface area is 98.5 Å². The van der Waals surface area contributed by atoms with Crippen LogP contribution in [-0.2, 0) is 0 Å². The van der Waals surface area contributed by atoms with E-state index in [1.807, 2.05) is 13.8 Å². The second kappa shape index (κ2) is 5.64. The molecule has 1 aromatic heterocycles. The number of rotatable bonds is 1. The van der Waals surface area contributed by atoms with Gasteiger partial charge in [0.15, 0.2) is 0 Å². The lowest BCUT2D eigenvalue weighted by atomic mass is 10.0. The molecule has 0 aliphatic rings. The molecule has 0 amide bonds. The summed E-state index contributed by atoms with van der Waals surface area (Å²) in [6.45, 7) is 10.4. The van der Waals surface area contributed by atoms with Crippen LogP contribution in [0.1, 0.15) is 45.0 Å². The predicted molar refractivity (Wildman–Crippen MR) is 71.9 cm³/mol. The van der Waals surface area contributed by atoms with Crippen molar-refractivity contribution in [3.63, 3.8) is 0 Å². The van der Waals surface area contributed by atoms with Crippen molar-refractivity contribution in [2.75, 3.05) is 0 Å². The van der Waals surface area contributed by atoms with Crippen LogP contribution in [-0.4, -0.2) is 4.98 Å². The first-order valence-corrected chi connectivity index (χ1v) is 6.05. The number of benzene rings is 1. The van der Waals surface area contributed by atoms with Gasteiger partial charge in [0.1, 0.15) is 0 Å². The molecule has 0 N–H and O–H groups in total. The summed E-state index contributed by atoms with van der Waals surface area (Å²) in [5.41, 5.74) is 2.31. The Balaban J connectivity index is 0.000000606. The Morgan fingerprint density at radius 1 is 1.06 bits per heavy atom. The number of hydrogen-bond acceptors (Lipinski definition) is 1. The van der Waals surface area contributed by atoms with Crippen LogP contribution >= 0.6 is 0 Å². The first kappa shape index (κ1) is 12.7. The number of aryl methyl sites for hydroxylation is 1. The number of aromatic nitrogens is 1. The number of hydrogen-bond donors (Lipinski definition) is 0. The van der Waals surface area contributed by atoms with E-state index in [2.05, 4.69) is 56.1 Å². The van der Waals surface area contributed by atoms with Crippen LogP contribution in [0.15, 0.2) is 30.3 Å². The van der Waals surface area contributed by atoms with Gasteiger partial charge in [-0.05, 0) is 24.3 Å². The summed E-state index contributed by atoms with van der Waals surface area (Å²) in [7, 11) is 0. The summed E-state index contributed by atoms with van der Waals surface area (Å²) in [6.07, 6.45) is 0. The number of nitrogens with zero attached hydrogens (tertiary/aromatic N) is 1. The van der Waals surface area contributed by atoms with E-state index in [1.54, 1.807) is 0 Å². The predicted octanol–water partition coefficient (Wildman–Crippen LogP) is 4.69. The van der Waals surface area contributed by atoms with Crippen molar-refractivity contribution >= 4 is 10.8 Å². The molecule has 0 fully saturated rings. The minimum Gasteiger partial charge on any atom is -0.257 e. The summed E-state index contributed by atoms with van der Waals surface area (Å²) in [5, 5.41) is 2.56. The van der Waals surface area contributed by atoms with Crippen LogP contribution in [0.4, 0.5) is 0 Å². The van der Waals surface area contributed by atoms with Gasteiger partial charge < -0.3 is 0 Å². The molecule has 0 aliphatic carbocycles. The Morgan fingerprint density at radius 2 is 1.69 bits per heavy atom. The van der Waals surface area contributed by atoms with Crippen molar-refractivity contribution in [1.29, 1.82) is 0 Å². The lowest BCUT2D eigenvalue weighted by molar-refractivity contribution is 0.820. The second-order valence-corrected chi connectivity index (χ2v) is 4.01. The highest BCUT2D eigenvalue weighted by molar-refractivity contribution is 5.84. The zero-order valence-corrected chi connectivity index (χ0v) is 10.9. The highest BCUT2D eigenvalue weighted by Crippen LogP contribution is 2.21. The molecule has 1 aromatic carbocycles. The van der Waals surface area contributed by atoms with Gasteiger partial charge >= 0.3 is 0 Å². The molecular weight excluding hydrogens is 194 g/mol. The maximum Gasteiger partial charge on any atom is 0.0454 e. The number of pyridine rings is 1. The van der Waals surface area contributed by atoms with Crippen molar-refractivity contribution in [1.82, 2.24) is 4.98 Å². The zero-order valence-electron chi connectivity index (χ0n) is 10.9. The van der Waals surface area contributed by atoms with Crippen LogP contribution in [0.3, 0.4) is 0 Å². The highest BCUT2D eigenvalue weighted by atomic mass is 14.7. The highest BCUT2D eigenvalue weighted by Gasteiger charge is 2.04. The van der Waals surface area contributed by atoms with E-state index in [1.165, 1.54) is 16.5 Å². The molecule has 2 aromatic rings. The molecule has 86 valence electrons. The normalized spacial score (nSPS) is 10.1. The lowest BCUT2D eigenvalue weighted by Gasteiger charge is -2.08. The molecule has 1 heteroatoms. The van der Waals surface area contributed by atoms with E-state index >= 15 is 0 Å². The maximum atomic E-state index is 4.60. The topological polar surface area (TPSA) is 12.9 Å². The van der Waals surface area contributed by atoms with Gasteiger partial charge in [-0.15, -0.1) is 0 Å². The fourth-order valence-electron chi connectivity index (χ4n) is 1.69. The molecule has 0 spiro atoms. The van der Waals surface area contributed by atoms with Crippen LogP contribution in [0, 0.1) is 6.92 Å². The minimum absolute atomic E-state index is 0.498. The Morgan fingerprint density at radius 3 is 2.31 bits per heavy atom. The Kier molecular flexibility index (Phi) is 4.48. The van der Waals surface area contributed by atoms with Crippen molar-refractivity contribution in [2.24, 2.45) is 0 Å². The van der Waals surface area contributed by atoms with Crippen LogP contribution in [0.5, 0.6) is 0 Å². The Hall–Kier alpha value is -1.37. The summed E-state index contributed by atoms with van der Waals surface area (Å²) in [6, 6.07) is 10.6. The van der Waals surface area contributed by atoms with E-state index in [-0.39, 0.29) is 0 Å². The zero-order chi connectivity index (χ0) is 12.1. The quantitative estimate of drug-likeness (QED) is 0.672. The van der Waals surface area contributed by atoms with E-state index < -0.39 is 0 Å². The smallest absolute Gasteiger partial charge is 0.0454 e. The third kappa shape index (κ3) is 2.60. The minimum atomic E-state index is 0.498. The van der Waals surface area contributed by atoms with E-state index in [4.69, 9.17) is 0 Å². The molecule has 0 bridgehead atoms.